The standard InChI is InChI=1S/C36H22N6/c1-2-7-24(8-3-1)35-40-32(25-13-12-22-18-20-37-29(22)21-25)28-16-14-23-15-17-31(39-33(23)34(28)41-35)42-30-11-5-4-9-26(30)27-10-6-19-38-36(27)42/h1-17,19-21H,18H2. The number of benzene rings is 4. The van der Waals surface area contributed by atoms with Crippen LogP contribution in [0.3, 0.4) is 0 Å². The van der Waals surface area contributed by atoms with Gasteiger partial charge in [-0.3, -0.25) is 9.56 Å². The van der Waals surface area contributed by atoms with Gasteiger partial charge in [-0.2, -0.15) is 0 Å². The monoisotopic (exact) mass is 538 g/mol. The van der Waals surface area contributed by atoms with E-state index in [4.69, 9.17) is 19.9 Å². The molecule has 42 heavy (non-hydrogen) atoms. The number of pyridine rings is 2. The second-order valence-electron chi connectivity index (χ2n) is 10.6. The lowest BCUT2D eigenvalue weighted by Gasteiger charge is -2.13. The highest BCUT2D eigenvalue weighted by Gasteiger charge is 2.18. The second kappa shape index (κ2) is 8.88. The van der Waals surface area contributed by atoms with Crippen LogP contribution in [0.2, 0.25) is 0 Å². The fourth-order valence-corrected chi connectivity index (χ4v) is 6.10. The molecule has 1 aliphatic heterocycles. The van der Waals surface area contributed by atoms with E-state index in [2.05, 4.69) is 82.4 Å². The SMILES string of the molecule is C1=Nc2cc(-c3nc(-c4ccccc4)nc4c3ccc3ccc(-n5c6ccccc6c6cccnc65)nc34)ccc2C1. The van der Waals surface area contributed by atoms with E-state index in [1.807, 2.05) is 48.8 Å². The summed E-state index contributed by atoms with van der Waals surface area (Å²) in [6.45, 7) is 0. The van der Waals surface area contributed by atoms with Crippen LogP contribution in [-0.2, 0) is 6.42 Å². The van der Waals surface area contributed by atoms with Crippen LogP contribution in [0.5, 0.6) is 0 Å². The molecular weight excluding hydrogens is 516 g/mol. The topological polar surface area (TPSA) is 68.8 Å². The predicted molar refractivity (Wildman–Crippen MR) is 170 cm³/mol. The van der Waals surface area contributed by atoms with Crippen molar-refractivity contribution >= 4 is 55.6 Å². The van der Waals surface area contributed by atoms with Crippen molar-refractivity contribution in [3.63, 3.8) is 0 Å². The van der Waals surface area contributed by atoms with Gasteiger partial charge in [0.15, 0.2) is 5.82 Å². The van der Waals surface area contributed by atoms with E-state index >= 15 is 0 Å². The van der Waals surface area contributed by atoms with Crippen LogP contribution in [0.15, 0.2) is 120 Å². The third kappa shape index (κ3) is 3.42. The van der Waals surface area contributed by atoms with Gasteiger partial charge in [-0.25, -0.2) is 19.9 Å². The maximum Gasteiger partial charge on any atom is 0.160 e. The fourth-order valence-electron chi connectivity index (χ4n) is 6.10. The molecule has 0 radical (unpaired) electrons. The van der Waals surface area contributed by atoms with E-state index < -0.39 is 0 Å². The Kier molecular flexibility index (Phi) is 4.86. The van der Waals surface area contributed by atoms with Crippen LogP contribution in [0, 0.1) is 0 Å². The van der Waals surface area contributed by atoms with Crippen molar-refractivity contribution in [3.8, 4) is 28.5 Å². The van der Waals surface area contributed by atoms with E-state index in [0.29, 0.717) is 5.82 Å². The molecule has 8 aromatic rings. The van der Waals surface area contributed by atoms with Crippen molar-refractivity contribution in [2.24, 2.45) is 4.99 Å². The van der Waals surface area contributed by atoms with Crippen molar-refractivity contribution < 1.29 is 0 Å². The Morgan fingerprint density at radius 3 is 2.43 bits per heavy atom. The number of hydrogen-bond donors (Lipinski definition) is 0. The smallest absolute Gasteiger partial charge is 0.160 e. The van der Waals surface area contributed by atoms with Gasteiger partial charge in [0.25, 0.3) is 0 Å². The number of hydrogen-bond acceptors (Lipinski definition) is 5. The predicted octanol–water partition coefficient (Wildman–Crippen LogP) is 8.26. The minimum Gasteiger partial charge on any atom is -0.278 e. The second-order valence-corrected chi connectivity index (χ2v) is 10.6. The molecule has 0 spiro atoms. The van der Waals surface area contributed by atoms with Crippen LogP contribution in [0.4, 0.5) is 5.69 Å². The molecule has 196 valence electrons. The van der Waals surface area contributed by atoms with E-state index in [0.717, 1.165) is 78.5 Å². The van der Waals surface area contributed by atoms with E-state index in [-0.39, 0.29) is 0 Å². The first-order valence-electron chi connectivity index (χ1n) is 14.0. The molecule has 6 heteroatoms. The fraction of sp³-hybridized carbons (Fsp3) is 0.0278. The molecule has 0 atom stereocenters. The Balaban J connectivity index is 1.36. The first-order valence-corrected chi connectivity index (χ1v) is 14.0. The van der Waals surface area contributed by atoms with Gasteiger partial charge in [0.1, 0.15) is 17.0 Å². The number of rotatable bonds is 3. The molecule has 0 saturated carbocycles. The molecule has 0 saturated heterocycles. The van der Waals surface area contributed by atoms with E-state index in [1.165, 1.54) is 5.56 Å². The van der Waals surface area contributed by atoms with Crippen molar-refractivity contribution in [2.45, 2.75) is 6.42 Å². The summed E-state index contributed by atoms with van der Waals surface area (Å²) in [6.07, 6.45) is 4.66. The Bertz CT molecular complexity index is 2330. The van der Waals surface area contributed by atoms with Gasteiger partial charge in [-0.1, -0.05) is 66.7 Å². The summed E-state index contributed by atoms with van der Waals surface area (Å²) in [6, 6.07) is 37.4. The van der Waals surface area contributed by atoms with Gasteiger partial charge in [0.2, 0.25) is 0 Å². The van der Waals surface area contributed by atoms with Crippen LogP contribution >= 0.6 is 0 Å². The van der Waals surface area contributed by atoms with Crippen LogP contribution < -0.4 is 0 Å². The van der Waals surface area contributed by atoms with E-state index in [9.17, 15) is 0 Å². The zero-order valence-electron chi connectivity index (χ0n) is 22.4. The molecule has 0 fully saturated rings. The normalized spacial score (nSPS) is 12.6. The molecular formula is C36H22N6. The molecule has 5 heterocycles. The maximum absolute atomic E-state index is 5.28. The molecule has 0 amide bonds. The first kappa shape index (κ1) is 23.0. The molecule has 4 aromatic heterocycles. The number of aromatic nitrogens is 5. The van der Waals surface area contributed by atoms with Crippen LogP contribution in [-0.4, -0.2) is 30.7 Å². The van der Waals surface area contributed by atoms with Gasteiger partial charge in [-0.05, 0) is 48.0 Å². The van der Waals surface area contributed by atoms with Crippen molar-refractivity contribution in [1.82, 2.24) is 24.5 Å². The highest BCUT2D eigenvalue weighted by Crippen LogP contribution is 2.37. The quantitative estimate of drug-likeness (QED) is 0.212. The average Bonchev–Trinajstić information content (AvgIpc) is 3.66. The molecule has 6 nitrogen and oxygen atoms in total. The van der Waals surface area contributed by atoms with Crippen molar-refractivity contribution in [3.05, 3.63) is 121 Å². The molecule has 4 aromatic carbocycles. The summed E-state index contributed by atoms with van der Waals surface area (Å²) < 4.78 is 2.14. The number of aliphatic imine (C=N–C) groups is 1. The zero-order valence-corrected chi connectivity index (χ0v) is 22.4. The molecule has 1 aliphatic rings. The van der Waals surface area contributed by atoms with Gasteiger partial charge in [-0.15, -0.1) is 0 Å². The van der Waals surface area contributed by atoms with Gasteiger partial charge in [0.05, 0.1) is 22.4 Å². The summed E-state index contributed by atoms with van der Waals surface area (Å²) in [5, 5.41) is 4.22. The number of fused-ring (bicyclic) bond motifs is 7. The zero-order chi connectivity index (χ0) is 27.6. The highest BCUT2D eigenvalue weighted by atomic mass is 15.1. The largest absolute Gasteiger partial charge is 0.278 e. The highest BCUT2D eigenvalue weighted by molar-refractivity contribution is 6.10. The lowest BCUT2D eigenvalue weighted by atomic mass is 10.0. The summed E-state index contributed by atoms with van der Waals surface area (Å²) >= 11 is 0. The summed E-state index contributed by atoms with van der Waals surface area (Å²) in [7, 11) is 0. The summed E-state index contributed by atoms with van der Waals surface area (Å²) in [5.74, 6) is 1.47. The lowest BCUT2D eigenvalue weighted by molar-refractivity contribution is 1.07. The van der Waals surface area contributed by atoms with Crippen LogP contribution in [0.25, 0.3) is 72.2 Å². The third-order valence-electron chi connectivity index (χ3n) is 8.11. The molecule has 0 bridgehead atoms. The third-order valence-corrected chi connectivity index (χ3v) is 8.11. The molecule has 0 aliphatic carbocycles. The Labute approximate surface area is 240 Å². The lowest BCUT2D eigenvalue weighted by Crippen LogP contribution is -2.01. The summed E-state index contributed by atoms with van der Waals surface area (Å²) in [5.41, 5.74) is 8.66. The minimum absolute atomic E-state index is 0.667. The Morgan fingerprint density at radius 2 is 1.48 bits per heavy atom. The number of nitrogens with zero attached hydrogens (tertiary/aromatic N) is 6. The van der Waals surface area contributed by atoms with Crippen molar-refractivity contribution in [1.29, 1.82) is 0 Å². The van der Waals surface area contributed by atoms with Gasteiger partial charge >= 0.3 is 0 Å². The summed E-state index contributed by atoms with van der Waals surface area (Å²) in [4.78, 5) is 24.9. The first-order chi connectivity index (χ1) is 20.8. The maximum atomic E-state index is 5.28. The molecule has 9 rings (SSSR count). The van der Waals surface area contributed by atoms with Crippen LogP contribution in [0.1, 0.15) is 5.56 Å². The Morgan fingerprint density at radius 1 is 0.619 bits per heavy atom. The molecule has 0 N–H and O–H groups in total. The minimum atomic E-state index is 0.667. The van der Waals surface area contributed by atoms with Gasteiger partial charge in [0, 0.05) is 51.5 Å². The van der Waals surface area contributed by atoms with Gasteiger partial charge < -0.3 is 0 Å². The number of para-hydroxylation sites is 1. The average molecular weight is 539 g/mol. The molecule has 0 unspecified atom stereocenters. The van der Waals surface area contributed by atoms with E-state index in [1.54, 1.807) is 0 Å². The Hall–Kier alpha value is -5.75. The van der Waals surface area contributed by atoms with Crippen molar-refractivity contribution in [2.75, 3.05) is 0 Å².